The Hall–Kier alpha value is -0.770. The van der Waals surface area contributed by atoms with Crippen molar-refractivity contribution in [1.29, 1.82) is 0 Å². The molecule has 1 aromatic carbocycles. The Kier molecular flexibility index (Phi) is 5.70. The van der Waals surface area contributed by atoms with Crippen molar-refractivity contribution in [3.05, 3.63) is 28.8 Å². The molecule has 112 valence electrons. The van der Waals surface area contributed by atoms with Crippen LogP contribution < -0.4 is 10.1 Å². The van der Waals surface area contributed by atoms with Gasteiger partial charge in [0.05, 0.1) is 12.1 Å². The van der Waals surface area contributed by atoms with Crippen LogP contribution in [-0.2, 0) is 0 Å². The Morgan fingerprint density at radius 2 is 2.25 bits per heavy atom. The molecule has 20 heavy (non-hydrogen) atoms. The van der Waals surface area contributed by atoms with Gasteiger partial charge in [-0.15, -0.1) is 0 Å². The number of likely N-dealkylation sites (tertiary alicyclic amines) is 1. The molecule has 0 saturated carbocycles. The first kappa shape index (κ1) is 15.6. The quantitative estimate of drug-likeness (QED) is 0.902. The lowest BCUT2D eigenvalue weighted by atomic mass is 9.84. The van der Waals surface area contributed by atoms with E-state index in [0.717, 1.165) is 18.8 Å². The fourth-order valence-electron chi connectivity index (χ4n) is 3.33. The van der Waals surface area contributed by atoms with Gasteiger partial charge >= 0.3 is 0 Å². The molecular weight excluding hydrogens is 272 g/mol. The summed E-state index contributed by atoms with van der Waals surface area (Å²) in [6.45, 7) is 5.53. The summed E-state index contributed by atoms with van der Waals surface area (Å²) in [7, 11) is 3.69. The highest BCUT2D eigenvalue weighted by Crippen LogP contribution is 2.38. The summed E-state index contributed by atoms with van der Waals surface area (Å²) in [6.07, 6.45) is 2.55. The highest BCUT2D eigenvalue weighted by atomic mass is 35.5. The molecule has 1 fully saturated rings. The van der Waals surface area contributed by atoms with Gasteiger partial charge in [0, 0.05) is 6.04 Å². The van der Waals surface area contributed by atoms with Gasteiger partial charge in [0.15, 0.2) is 0 Å². The number of benzene rings is 1. The third kappa shape index (κ3) is 3.27. The van der Waals surface area contributed by atoms with Crippen LogP contribution in [0.15, 0.2) is 18.2 Å². The number of nitrogens with zero attached hydrogens (tertiary/aromatic N) is 1. The van der Waals surface area contributed by atoms with Crippen LogP contribution in [0.5, 0.6) is 5.75 Å². The number of methoxy groups -OCH3 is 1. The Bertz CT molecular complexity index is 436. The second-order valence-corrected chi connectivity index (χ2v) is 5.83. The van der Waals surface area contributed by atoms with Gasteiger partial charge in [-0.25, -0.2) is 0 Å². The molecule has 1 aliphatic rings. The Morgan fingerprint density at radius 3 is 2.85 bits per heavy atom. The molecule has 1 aliphatic heterocycles. The molecule has 0 radical (unpaired) electrons. The number of rotatable bonds is 5. The average molecular weight is 297 g/mol. The fraction of sp³-hybridized carbons (Fsp3) is 0.625. The largest absolute Gasteiger partial charge is 0.495 e. The number of hydrogen-bond donors (Lipinski definition) is 1. The smallest absolute Gasteiger partial charge is 0.137 e. The maximum absolute atomic E-state index is 6.31. The van der Waals surface area contributed by atoms with E-state index >= 15 is 0 Å². The van der Waals surface area contributed by atoms with E-state index in [1.54, 1.807) is 7.11 Å². The van der Waals surface area contributed by atoms with Crippen molar-refractivity contribution in [2.24, 2.45) is 5.92 Å². The molecule has 1 N–H and O–H groups in total. The van der Waals surface area contributed by atoms with Crippen LogP contribution in [0.3, 0.4) is 0 Å². The van der Waals surface area contributed by atoms with Gasteiger partial charge in [0.2, 0.25) is 0 Å². The van der Waals surface area contributed by atoms with Crippen molar-refractivity contribution in [2.45, 2.75) is 25.8 Å². The lowest BCUT2D eigenvalue weighted by Crippen LogP contribution is -2.42. The summed E-state index contributed by atoms with van der Waals surface area (Å²) in [5.41, 5.74) is 1.30. The molecule has 1 aromatic rings. The molecular formula is C16H25ClN2O. The summed E-state index contributed by atoms with van der Waals surface area (Å²) in [4.78, 5) is 2.56. The average Bonchev–Trinajstić information content (AvgIpc) is 2.47. The lowest BCUT2D eigenvalue weighted by Gasteiger charge is -2.41. The summed E-state index contributed by atoms with van der Waals surface area (Å²) < 4.78 is 5.26. The maximum Gasteiger partial charge on any atom is 0.137 e. The summed E-state index contributed by atoms with van der Waals surface area (Å²) in [6, 6.07) is 6.66. The van der Waals surface area contributed by atoms with Crippen LogP contribution in [0, 0.1) is 5.92 Å². The highest BCUT2D eigenvalue weighted by molar-refractivity contribution is 6.32. The van der Waals surface area contributed by atoms with Crippen molar-refractivity contribution in [2.75, 3.05) is 33.8 Å². The van der Waals surface area contributed by atoms with Crippen LogP contribution >= 0.6 is 11.6 Å². The van der Waals surface area contributed by atoms with Crippen LogP contribution in [0.2, 0.25) is 5.02 Å². The molecule has 2 rings (SSSR count). The van der Waals surface area contributed by atoms with E-state index in [-0.39, 0.29) is 0 Å². The van der Waals surface area contributed by atoms with Gasteiger partial charge in [0.1, 0.15) is 5.75 Å². The number of nitrogens with one attached hydrogen (secondary N) is 1. The van der Waals surface area contributed by atoms with Gasteiger partial charge in [-0.2, -0.15) is 0 Å². The number of piperidine rings is 1. The lowest BCUT2D eigenvalue weighted by molar-refractivity contribution is 0.0982. The minimum absolute atomic E-state index is 0.449. The number of halogens is 1. The Balaban J connectivity index is 2.30. The van der Waals surface area contributed by atoms with E-state index in [9.17, 15) is 0 Å². The molecule has 0 bridgehead atoms. The zero-order valence-electron chi connectivity index (χ0n) is 12.7. The van der Waals surface area contributed by atoms with Crippen molar-refractivity contribution >= 4 is 11.6 Å². The third-order valence-corrected chi connectivity index (χ3v) is 4.55. The zero-order valence-corrected chi connectivity index (χ0v) is 13.4. The summed E-state index contributed by atoms with van der Waals surface area (Å²) in [5, 5.41) is 4.04. The minimum atomic E-state index is 0.449. The normalized spacial score (nSPS) is 23.8. The molecule has 4 heteroatoms. The van der Waals surface area contributed by atoms with Gasteiger partial charge in [-0.1, -0.05) is 24.6 Å². The van der Waals surface area contributed by atoms with Gasteiger partial charge < -0.3 is 10.1 Å². The first-order chi connectivity index (χ1) is 9.71. The van der Waals surface area contributed by atoms with Crippen molar-refractivity contribution in [3.8, 4) is 5.75 Å². The third-order valence-electron chi connectivity index (χ3n) is 4.25. The monoisotopic (exact) mass is 296 g/mol. The highest BCUT2D eigenvalue weighted by Gasteiger charge is 2.31. The van der Waals surface area contributed by atoms with Gasteiger partial charge in [-0.3, -0.25) is 4.90 Å². The van der Waals surface area contributed by atoms with Crippen LogP contribution in [0.4, 0.5) is 0 Å². The van der Waals surface area contributed by atoms with E-state index < -0.39 is 0 Å². The van der Waals surface area contributed by atoms with Crippen LogP contribution in [0.25, 0.3) is 0 Å². The topological polar surface area (TPSA) is 24.5 Å². The first-order valence-electron chi connectivity index (χ1n) is 7.43. The molecule has 1 heterocycles. The van der Waals surface area contributed by atoms with E-state index in [4.69, 9.17) is 16.3 Å². The Morgan fingerprint density at radius 1 is 1.45 bits per heavy atom. The molecule has 2 atom stereocenters. The van der Waals surface area contributed by atoms with E-state index in [2.05, 4.69) is 29.3 Å². The molecule has 0 aromatic heterocycles. The molecule has 0 spiro atoms. The number of ether oxygens (including phenoxy) is 1. The predicted molar refractivity (Wildman–Crippen MR) is 84.6 cm³/mol. The summed E-state index contributed by atoms with van der Waals surface area (Å²) in [5.74, 6) is 1.39. The van der Waals surface area contributed by atoms with Crippen molar-refractivity contribution in [1.82, 2.24) is 10.2 Å². The fourth-order valence-corrected chi connectivity index (χ4v) is 3.60. The Labute approximate surface area is 127 Å². The first-order valence-corrected chi connectivity index (χ1v) is 7.81. The molecule has 0 amide bonds. The van der Waals surface area contributed by atoms with Crippen LogP contribution in [0.1, 0.15) is 31.4 Å². The van der Waals surface area contributed by atoms with Gasteiger partial charge in [-0.05, 0) is 63.1 Å². The predicted octanol–water partition coefficient (Wildman–Crippen LogP) is 3.34. The van der Waals surface area contributed by atoms with Gasteiger partial charge in [0.25, 0.3) is 0 Å². The minimum Gasteiger partial charge on any atom is -0.495 e. The zero-order chi connectivity index (χ0) is 14.5. The van der Waals surface area contributed by atoms with E-state index in [1.807, 2.05) is 13.1 Å². The summed E-state index contributed by atoms with van der Waals surface area (Å²) >= 11 is 6.31. The molecule has 0 aliphatic carbocycles. The molecule has 2 unspecified atom stereocenters. The van der Waals surface area contributed by atoms with Crippen molar-refractivity contribution in [3.63, 3.8) is 0 Å². The molecule has 3 nitrogen and oxygen atoms in total. The second-order valence-electron chi connectivity index (χ2n) is 5.43. The second kappa shape index (κ2) is 7.30. The number of hydrogen-bond acceptors (Lipinski definition) is 3. The standard InChI is InChI=1S/C16H25ClN2O/c1-4-19-9-5-6-13(11-18-2)16(19)12-7-8-15(20-3)14(17)10-12/h7-8,10,13,16,18H,4-6,9,11H2,1-3H3. The van der Waals surface area contributed by atoms with Crippen LogP contribution in [-0.4, -0.2) is 38.7 Å². The maximum atomic E-state index is 6.31. The SMILES string of the molecule is CCN1CCCC(CNC)C1c1ccc(OC)c(Cl)c1. The van der Waals surface area contributed by atoms with E-state index in [1.165, 1.54) is 24.9 Å². The van der Waals surface area contributed by atoms with E-state index in [0.29, 0.717) is 17.0 Å². The molecule has 1 saturated heterocycles. The van der Waals surface area contributed by atoms with Crippen molar-refractivity contribution < 1.29 is 4.74 Å².